The molecule has 0 spiro atoms. The highest BCUT2D eigenvalue weighted by molar-refractivity contribution is 9.10. The molecule has 5 heteroatoms. The normalized spacial score (nSPS) is 10.1. The Labute approximate surface area is 125 Å². The molecule has 4 nitrogen and oxygen atoms in total. The quantitative estimate of drug-likeness (QED) is 0.671. The van der Waals surface area contributed by atoms with E-state index in [0.717, 1.165) is 4.47 Å². The molecule has 0 amide bonds. The average molecular weight is 337 g/mol. The van der Waals surface area contributed by atoms with Crippen LogP contribution in [0, 0.1) is 0 Å². The molecular weight excluding hydrogens is 324 g/mol. The van der Waals surface area contributed by atoms with Crippen molar-refractivity contribution in [3.05, 3.63) is 58.6 Å². The van der Waals surface area contributed by atoms with Gasteiger partial charge in [-0.05, 0) is 42.5 Å². The molecule has 0 unspecified atom stereocenters. The molecule has 0 fully saturated rings. The zero-order chi connectivity index (χ0) is 14.4. The van der Waals surface area contributed by atoms with E-state index in [1.54, 1.807) is 12.1 Å². The number of ether oxygens (including phenoxy) is 2. The summed E-state index contributed by atoms with van der Waals surface area (Å²) in [5.74, 6) is 0.257. The highest BCUT2D eigenvalue weighted by atomic mass is 79.9. The molecular formula is C15H13BrO4. The van der Waals surface area contributed by atoms with Crippen LogP contribution < -0.4 is 4.74 Å². The van der Waals surface area contributed by atoms with E-state index in [0.29, 0.717) is 11.3 Å². The molecule has 0 saturated heterocycles. The van der Waals surface area contributed by atoms with Gasteiger partial charge in [0.15, 0.2) is 0 Å². The van der Waals surface area contributed by atoms with Crippen molar-refractivity contribution in [1.29, 1.82) is 0 Å². The van der Waals surface area contributed by atoms with Gasteiger partial charge in [-0.2, -0.15) is 0 Å². The molecule has 1 N–H and O–H groups in total. The lowest BCUT2D eigenvalue weighted by molar-refractivity contribution is 0.0450. The third-order valence-electron chi connectivity index (χ3n) is 2.48. The van der Waals surface area contributed by atoms with Crippen LogP contribution in [-0.4, -0.2) is 24.3 Å². The van der Waals surface area contributed by atoms with Gasteiger partial charge in [0, 0.05) is 4.47 Å². The first-order valence-corrected chi connectivity index (χ1v) is 6.79. The minimum absolute atomic E-state index is 0.0329. The molecule has 0 aliphatic rings. The summed E-state index contributed by atoms with van der Waals surface area (Å²) in [6.45, 7) is 0.413. The predicted molar refractivity (Wildman–Crippen MR) is 78.0 cm³/mol. The van der Waals surface area contributed by atoms with Crippen LogP contribution in [0.1, 0.15) is 10.4 Å². The minimum atomic E-state index is -0.486. The van der Waals surface area contributed by atoms with Gasteiger partial charge in [0.2, 0.25) is 0 Å². The number of carbonyl (C=O) groups is 1. The van der Waals surface area contributed by atoms with Gasteiger partial charge in [-0.25, -0.2) is 4.79 Å². The summed E-state index contributed by atoms with van der Waals surface area (Å²) in [7, 11) is 0. The average Bonchev–Trinajstić information content (AvgIpc) is 2.45. The Hall–Kier alpha value is -2.01. The topological polar surface area (TPSA) is 55.8 Å². The maximum absolute atomic E-state index is 11.7. The monoisotopic (exact) mass is 336 g/mol. The first-order chi connectivity index (χ1) is 9.65. The second-order valence-corrected chi connectivity index (χ2v) is 4.90. The van der Waals surface area contributed by atoms with E-state index >= 15 is 0 Å². The van der Waals surface area contributed by atoms with Gasteiger partial charge in [0.05, 0.1) is 5.56 Å². The van der Waals surface area contributed by atoms with Crippen LogP contribution >= 0.6 is 15.9 Å². The number of aromatic hydroxyl groups is 1. The number of phenolic OH excluding ortho intramolecular Hbond substituents is 1. The molecule has 2 rings (SSSR count). The Kier molecular flexibility index (Phi) is 5.01. The molecule has 2 aromatic rings. The fraction of sp³-hybridized carbons (Fsp3) is 0.133. The van der Waals surface area contributed by atoms with Crippen molar-refractivity contribution < 1.29 is 19.4 Å². The Bertz CT molecular complexity index is 581. The van der Waals surface area contributed by atoms with Gasteiger partial charge >= 0.3 is 5.97 Å². The number of esters is 1. The van der Waals surface area contributed by atoms with Gasteiger partial charge in [0.25, 0.3) is 0 Å². The summed E-state index contributed by atoms with van der Waals surface area (Å²) in [5.41, 5.74) is 0.314. The molecule has 0 aliphatic heterocycles. The van der Waals surface area contributed by atoms with Crippen molar-refractivity contribution in [3.63, 3.8) is 0 Å². The van der Waals surface area contributed by atoms with Crippen LogP contribution in [0.5, 0.6) is 11.5 Å². The molecule has 0 saturated carbocycles. The Morgan fingerprint density at radius 3 is 2.55 bits per heavy atom. The Morgan fingerprint density at radius 1 is 1.10 bits per heavy atom. The Morgan fingerprint density at radius 2 is 1.85 bits per heavy atom. The zero-order valence-electron chi connectivity index (χ0n) is 10.6. The SMILES string of the molecule is O=C(OCCOc1ccc(Br)cc1)c1cccc(O)c1. The van der Waals surface area contributed by atoms with Crippen molar-refractivity contribution >= 4 is 21.9 Å². The van der Waals surface area contributed by atoms with Crippen LogP contribution in [0.3, 0.4) is 0 Å². The van der Waals surface area contributed by atoms with Gasteiger partial charge < -0.3 is 14.6 Å². The number of phenols is 1. The summed E-state index contributed by atoms with van der Waals surface area (Å²) in [6.07, 6.45) is 0. The summed E-state index contributed by atoms with van der Waals surface area (Å²) in [4.78, 5) is 11.7. The van der Waals surface area contributed by atoms with Crippen molar-refractivity contribution in [2.24, 2.45) is 0 Å². The summed E-state index contributed by atoms with van der Waals surface area (Å²) < 4.78 is 11.4. The van der Waals surface area contributed by atoms with Gasteiger partial charge in [-0.3, -0.25) is 0 Å². The smallest absolute Gasteiger partial charge is 0.338 e. The maximum atomic E-state index is 11.7. The first kappa shape index (κ1) is 14.4. The van der Waals surface area contributed by atoms with Gasteiger partial charge in [0.1, 0.15) is 24.7 Å². The molecule has 0 aromatic heterocycles. The lowest BCUT2D eigenvalue weighted by Crippen LogP contribution is -2.12. The molecule has 2 aromatic carbocycles. The van der Waals surface area contributed by atoms with Crippen molar-refractivity contribution in [3.8, 4) is 11.5 Å². The zero-order valence-corrected chi connectivity index (χ0v) is 12.2. The third-order valence-corrected chi connectivity index (χ3v) is 3.01. The second kappa shape index (κ2) is 6.96. The number of hydrogen-bond acceptors (Lipinski definition) is 4. The second-order valence-electron chi connectivity index (χ2n) is 3.99. The molecule has 104 valence electrons. The lowest BCUT2D eigenvalue weighted by Gasteiger charge is -2.07. The van der Waals surface area contributed by atoms with Crippen LogP contribution in [0.4, 0.5) is 0 Å². The largest absolute Gasteiger partial charge is 0.508 e. The standard InChI is InChI=1S/C15H13BrO4/c16-12-4-6-14(7-5-12)19-8-9-20-15(18)11-2-1-3-13(17)10-11/h1-7,10,17H,8-9H2. The molecule has 0 bridgehead atoms. The third kappa shape index (κ3) is 4.28. The van der Waals surface area contributed by atoms with E-state index in [1.165, 1.54) is 12.1 Å². The number of halogens is 1. The minimum Gasteiger partial charge on any atom is -0.508 e. The van der Waals surface area contributed by atoms with E-state index in [-0.39, 0.29) is 19.0 Å². The van der Waals surface area contributed by atoms with E-state index < -0.39 is 5.97 Å². The number of hydrogen-bond donors (Lipinski definition) is 1. The number of carbonyl (C=O) groups excluding carboxylic acids is 1. The first-order valence-electron chi connectivity index (χ1n) is 6.00. The fourth-order valence-electron chi connectivity index (χ4n) is 1.54. The van der Waals surface area contributed by atoms with Crippen LogP contribution in [0.25, 0.3) is 0 Å². The van der Waals surface area contributed by atoms with E-state index in [1.807, 2.05) is 24.3 Å². The van der Waals surface area contributed by atoms with E-state index in [9.17, 15) is 9.90 Å². The van der Waals surface area contributed by atoms with Crippen molar-refractivity contribution in [2.75, 3.05) is 13.2 Å². The van der Waals surface area contributed by atoms with Gasteiger partial charge in [-0.1, -0.05) is 22.0 Å². The number of rotatable bonds is 5. The summed E-state index contributed by atoms with van der Waals surface area (Å²) in [5, 5.41) is 9.27. The van der Waals surface area contributed by atoms with Crippen LogP contribution in [0.2, 0.25) is 0 Å². The van der Waals surface area contributed by atoms with Gasteiger partial charge in [-0.15, -0.1) is 0 Å². The summed E-state index contributed by atoms with van der Waals surface area (Å²) in [6, 6.07) is 13.4. The molecule has 0 heterocycles. The maximum Gasteiger partial charge on any atom is 0.338 e. The Balaban J connectivity index is 1.76. The highest BCUT2D eigenvalue weighted by Gasteiger charge is 2.07. The molecule has 20 heavy (non-hydrogen) atoms. The van der Waals surface area contributed by atoms with Crippen molar-refractivity contribution in [2.45, 2.75) is 0 Å². The lowest BCUT2D eigenvalue weighted by atomic mass is 10.2. The molecule has 0 radical (unpaired) electrons. The van der Waals surface area contributed by atoms with Crippen molar-refractivity contribution in [1.82, 2.24) is 0 Å². The van der Waals surface area contributed by atoms with E-state index in [2.05, 4.69) is 15.9 Å². The number of benzene rings is 2. The fourth-order valence-corrected chi connectivity index (χ4v) is 1.81. The van der Waals surface area contributed by atoms with E-state index in [4.69, 9.17) is 9.47 Å². The molecule has 0 aliphatic carbocycles. The highest BCUT2D eigenvalue weighted by Crippen LogP contribution is 2.16. The van der Waals surface area contributed by atoms with Crippen LogP contribution in [0.15, 0.2) is 53.0 Å². The molecule has 0 atom stereocenters. The van der Waals surface area contributed by atoms with Crippen LogP contribution in [-0.2, 0) is 4.74 Å². The summed E-state index contributed by atoms with van der Waals surface area (Å²) >= 11 is 3.33. The predicted octanol–water partition coefficient (Wildman–Crippen LogP) is 3.39.